The molecule has 1 heterocycles. The number of carbonyl (C=O) groups excluding carboxylic acids is 9. The van der Waals surface area contributed by atoms with Crippen molar-refractivity contribution in [2.24, 2.45) is 0 Å². The maximum atomic E-state index is 14.3. The first-order valence-electron chi connectivity index (χ1n) is 29.0. The molecular formula is C67H44O40. The van der Waals surface area contributed by atoms with Crippen molar-refractivity contribution < 1.29 is 198 Å². The van der Waals surface area contributed by atoms with Crippen LogP contribution in [0.3, 0.4) is 0 Å². The molecule has 9 aromatic rings. The van der Waals surface area contributed by atoms with E-state index in [9.17, 15) is 150 Å². The first-order valence-corrected chi connectivity index (χ1v) is 29.0. The van der Waals surface area contributed by atoms with Crippen LogP contribution in [0.4, 0.5) is 0 Å². The molecule has 107 heavy (non-hydrogen) atoms. The van der Waals surface area contributed by atoms with Gasteiger partial charge in [0.2, 0.25) is 46.9 Å². The Kier molecular flexibility index (Phi) is 19.9. The average Bonchev–Trinajstić information content (AvgIpc) is 1.79. The maximum Gasteiger partial charge on any atom is 0.343 e. The van der Waals surface area contributed by atoms with Gasteiger partial charge in [0.15, 0.2) is 127 Å². The van der Waals surface area contributed by atoms with E-state index in [1.807, 2.05) is 0 Å². The van der Waals surface area contributed by atoms with Crippen LogP contribution in [0.25, 0.3) is 0 Å². The van der Waals surface area contributed by atoms with E-state index < -0.39 is 284 Å². The molecule has 0 bridgehead atoms. The highest BCUT2D eigenvalue weighted by atomic mass is 16.7. The summed E-state index contributed by atoms with van der Waals surface area (Å²) in [5.41, 5.74) is -7.15. The third-order valence-corrected chi connectivity index (χ3v) is 14.7. The molecule has 0 radical (unpaired) electrons. The molecule has 40 nitrogen and oxygen atoms in total. The zero-order valence-electron chi connectivity index (χ0n) is 52.5. The predicted molar refractivity (Wildman–Crippen MR) is 336 cm³/mol. The second-order valence-electron chi connectivity index (χ2n) is 21.9. The number of ether oxygens (including phenoxy) is 10. The monoisotopic (exact) mass is 1490 g/mol. The van der Waals surface area contributed by atoms with Gasteiger partial charge in [0, 0.05) is 0 Å². The molecule has 1 fully saturated rings. The van der Waals surface area contributed by atoms with Gasteiger partial charge in [-0.05, 0) is 109 Å². The number of hydrogen-bond acceptors (Lipinski definition) is 40. The largest absolute Gasteiger partial charge is 0.504 e. The van der Waals surface area contributed by atoms with E-state index in [0.717, 1.165) is 0 Å². The van der Waals surface area contributed by atoms with Gasteiger partial charge in [0.1, 0.15) is 0 Å². The van der Waals surface area contributed by atoms with Crippen molar-refractivity contribution in [3.05, 3.63) is 159 Å². The summed E-state index contributed by atoms with van der Waals surface area (Å²) in [5, 5.41) is 216. The summed E-state index contributed by atoms with van der Waals surface area (Å²) >= 11 is 0. The van der Waals surface area contributed by atoms with Crippen LogP contribution in [0.15, 0.2) is 109 Å². The summed E-state index contributed by atoms with van der Waals surface area (Å²) in [6, 6.07) is 9.98. The average molecular weight is 1490 g/mol. The summed E-state index contributed by atoms with van der Waals surface area (Å²) in [5.74, 6) is -44.6. The molecule has 552 valence electrons. The maximum absolute atomic E-state index is 14.3. The van der Waals surface area contributed by atoms with Crippen molar-refractivity contribution in [1.29, 1.82) is 0 Å². The topological polar surface area (TPSA) is 671 Å². The highest BCUT2D eigenvalue weighted by Crippen LogP contribution is 2.47. The first kappa shape index (κ1) is 73.7. The van der Waals surface area contributed by atoms with Crippen LogP contribution in [0.2, 0.25) is 0 Å². The smallest absolute Gasteiger partial charge is 0.343 e. The van der Waals surface area contributed by atoms with Crippen LogP contribution in [0.1, 0.15) is 93.2 Å². The Morgan fingerprint density at radius 2 is 0.393 bits per heavy atom. The molecule has 21 N–H and O–H groups in total. The van der Waals surface area contributed by atoms with Gasteiger partial charge in [-0.1, -0.05) is 0 Å². The zero-order valence-corrected chi connectivity index (χ0v) is 52.5. The first-order chi connectivity index (χ1) is 50.3. The van der Waals surface area contributed by atoms with Gasteiger partial charge < -0.3 is 155 Å². The SMILES string of the molecule is O=C(Oc1cc(C(=O)Oc2cc(C(=O)OC3COC(OC(=O)c4cc(O)c(O)c(OC(=O)c5cc(O)c(O)c(OC(=O)c6cc(O)c(O)c(O)c6)c5)c4)C3OC(=O)c3cc(O)c(O)c(OC(=O)c4cc(O)c(O)c(OC(=O)c5cc(O)c(O)c(O)c5)c4)c3)cc(O)c2O)cc(O)c1O)c1cc(O)c(O)c(O)c1. The number of phenolic OH excluding ortho intramolecular Hbond substituents is 21. The number of carbonyl (C=O) groups is 9. The minimum atomic E-state index is -2.36. The molecule has 0 saturated carbocycles. The number of rotatable bonds is 18. The van der Waals surface area contributed by atoms with Crippen molar-refractivity contribution >= 4 is 53.7 Å². The Labute approximate surface area is 589 Å². The number of benzene rings is 9. The van der Waals surface area contributed by atoms with Crippen molar-refractivity contribution in [2.75, 3.05) is 6.61 Å². The van der Waals surface area contributed by atoms with E-state index in [-0.39, 0.29) is 0 Å². The Morgan fingerprint density at radius 3 is 0.607 bits per heavy atom. The van der Waals surface area contributed by atoms with E-state index in [4.69, 9.17) is 47.4 Å². The molecule has 40 heteroatoms. The van der Waals surface area contributed by atoms with Gasteiger partial charge in [0.05, 0.1) is 56.7 Å². The van der Waals surface area contributed by atoms with Gasteiger partial charge in [-0.2, -0.15) is 0 Å². The minimum absolute atomic E-state index is 0.465. The van der Waals surface area contributed by atoms with Gasteiger partial charge in [-0.3, -0.25) is 0 Å². The number of hydrogen-bond donors (Lipinski definition) is 21. The lowest BCUT2D eigenvalue weighted by Gasteiger charge is -2.23. The molecule has 0 amide bonds. The molecular weight excluding hydrogens is 1440 g/mol. The Bertz CT molecular complexity index is 5000. The van der Waals surface area contributed by atoms with E-state index >= 15 is 0 Å². The summed E-state index contributed by atoms with van der Waals surface area (Å²) in [6.45, 7) is -1.01. The Balaban J connectivity index is 0.920. The molecule has 0 aromatic heterocycles. The van der Waals surface area contributed by atoms with Crippen LogP contribution >= 0.6 is 0 Å². The van der Waals surface area contributed by atoms with Gasteiger partial charge in [-0.15, -0.1) is 0 Å². The van der Waals surface area contributed by atoms with Crippen molar-refractivity contribution in [3.8, 4) is 155 Å². The molecule has 3 unspecified atom stereocenters. The fourth-order valence-electron chi connectivity index (χ4n) is 9.31. The lowest BCUT2D eigenvalue weighted by molar-refractivity contribution is -0.125. The van der Waals surface area contributed by atoms with Crippen LogP contribution in [-0.2, 0) is 18.9 Å². The van der Waals surface area contributed by atoms with E-state index in [0.29, 0.717) is 109 Å². The highest BCUT2D eigenvalue weighted by molar-refractivity contribution is 6.00. The van der Waals surface area contributed by atoms with Crippen LogP contribution in [-0.4, -0.2) is 186 Å². The zero-order chi connectivity index (χ0) is 78.2. The number of aromatic hydroxyl groups is 21. The predicted octanol–water partition coefficient (Wildman–Crippen LogP) is 4.78. The van der Waals surface area contributed by atoms with E-state index in [1.165, 1.54) is 0 Å². The molecule has 9 aromatic carbocycles. The van der Waals surface area contributed by atoms with Gasteiger partial charge in [0.25, 0.3) is 0 Å². The molecule has 0 aliphatic carbocycles. The summed E-state index contributed by atoms with van der Waals surface area (Å²) in [7, 11) is 0. The molecule has 3 atom stereocenters. The Hall–Kier alpha value is -16.0. The van der Waals surface area contributed by atoms with Crippen molar-refractivity contribution in [1.82, 2.24) is 0 Å². The normalized spacial score (nSPS) is 13.6. The fraction of sp³-hybridized carbons (Fsp3) is 0.0597. The molecule has 1 aliphatic rings. The molecule has 1 saturated heterocycles. The fourth-order valence-corrected chi connectivity index (χ4v) is 9.31. The second-order valence-corrected chi connectivity index (χ2v) is 21.9. The standard InChI is InChI=1S/C67H44O40/c68-29-1-20(2-30(69)48(29)80)58(89)99-41-13-23(7-35(74)51(41)83)61(92)102-44-16-26(10-38(77)54(44)86)64(95)105-47-19-98-67(107-66(97)28-12-40(79)56(88)46(18-28)104-63(94)25-9-37(76)53(85)43(15-25)101-60(91)22-5-33(72)50(82)34(73)6-22)57(47)106-65(96)27-11-39(78)55(87)45(17-27)103-62(93)24-8-36(75)52(84)42(14-24)100-59(90)21-3-31(70)49(81)32(71)4-21/h1-18,47,57,67-88H,19H2. The lowest BCUT2D eigenvalue weighted by Crippen LogP contribution is -2.40. The third kappa shape index (κ3) is 15.4. The van der Waals surface area contributed by atoms with E-state index in [2.05, 4.69) is 0 Å². The number of esters is 9. The summed E-state index contributed by atoms with van der Waals surface area (Å²) in [4.78, 5) is 122. The van der Waals surface area contributed by atoms with Crippen LogP contribution < -0.4 is 28.4 Å². The molecule has 1 aliphatic heterocycles. The molecule has 10 rings (SSSR count). The van der Waals surface area contributed by atoms with Crippen molar-refractivity contribution in [2.45, 2.75) is 18.5 Å². The second kappa shape index (κ2) is 28.9. The minimum Gasteiger partial charge on any atom is -0.504 e. The molecule has 0 spiro atoms. The number of phenols is 21. The van der Waals surface area contributed by atoms with Gasteiger partial charge >= 0.3 is 53.7 Å². The van der Waals surface area contributed by atoms with Gasteiger partial charge in [-0.25, -0.2) is 43.2 Å². The summed E-state index contributed by atoms with van der Waals surface area (Å²) in [6.07, 6.45) is -6.78. The Morgan fingerprint density at radius 1 is 0.224 bits per heavy atom. The lowest BCUT2D eigenvalue weighted by atomic mass is 10.1. The van der Waals surface area contributed by atoms with Crippen molar-refractivity contribution in [3.63, 3.8) is 0 Å². The summed E-state index contributed by atoms with van der Waals surface area (Å²) < 4.78 is 52.5. The third-order valence-electron chi connectivity index (χ3n) is 14.7. The van der Waals surface area contributed by atoms with E-state index in [1.54, 1.807) is 0 Å². The quantitative estimate of drug-likeness (QED) is 0.0238. The van der Waals surface area contributed by atoms with Crippen LogP contribution in [0, 0.1) is 0 Å². The van der Waals surface area contributed by atoms with Crippen LogP contribution in [0.5, 0.6) is 155 Å². The highest BCUT2D eigenvalue weighted by Gasteiger charge is 2.47.